The number of anilines is 1. The van der Waals surface area contributed by atoms with Crippen LogP contribution in [0.4, 0.5) is 5.82 Å². The molecule has 4 heteroatoms. The molecule has 0 atom stereocenters. The van der Waals surface area contributed by atoms with E-state index in [0.717, 1.165) is 12.4 Å². The van der Waals surface area contributed by atoms with Crippen molar-refractivity contribution in [3.8, 4) is 0 Å². The van der Waals surface area contributed by atoms with Crippen LogP contribution in [0.5, 0.6) is 0 Å². The fourth-order valence-electron chi connectivity index (χ4n) is 2.50. The maximum atomic E-state index is 4.55. The number of piperidine rings is 1. The maximum absolute atomic E-state index is 4.55. The van der Waals surface area contributed by atoms with Crippen molar-refractivity contribution in [3.63, 3.8) is 0 Å². The molecule has 1 saturated heterocycles. The first-order valence-electron chi connectivity index (χ1n) is 6.43. The van der Waals surface area contributed by atoms with Crippen molar-refractivity contribution < 1.29 is 0 Å². The van der Waals surface area contributed by atoms with Crippen molar-refractivity contribution >= 4 is 5.82 Å². The third-order valence-corrected chi connectivity index (χ3v) is 3.55. The maximum Gasteiger partial charge on any atom is 0.150 e. The first-order chi connectivity index (χ1) is 8.22. The van der Waals surface area contributed by atoms with Crippen molar-refractivity contribution in [3.05, 3.63) is 18.1 Å². The Labute approximate surface area is 104 Å². The molecule has 1 aliphatic rings. The Hall–Kier alpha value is -1.16. The summed E-state index contributed by atoms with van der Waals surface area (Å²) >= 11 is 0. The minimum absolute atomic E-state index is 0.573. The number of rotatable bonds is 3. The minimum atomic E-state index is 0.573. The molecule has 0 aliphatic carbocycles. The molecule has 4 nitrogen and oxygen atoms in total. The molecular weight excluding hydrogens is 212 g/mol. The molecule has 2 rings (SSSR count). The molecule has 1 aromatic rings. The van der Waals surface area contributed by atoms with Gasteiger partial charge in [0.25, 0.3) is 0 Å². The third-order valence-electron chi connectivity index (χ3n) is 3.55. The summed E-state index contributed by atoms with van der Waals surface area (Å²) in [7, 11) is 4.07. The molecule has 0 saturated carbocycles. The van der Waals surface area contributed by atoms with Gasteiger partial charge in [-0.15, -0.1) is 0 Å². The summed E-state index contributed by atoms with van der Waals surface area (Å²) in [4.78, 5) is 13.6. The van der Waals surface area contributed by atoms with E-state index in [9.17, 15) is 0 Å². The van der Waals surface area contributed by atoms with Gasteiger partial charge in [-0.2, -0.15) is 0 Å². The fraction of sp³-hybridized carbons (Fsp3) is 0.692. The Morgan fingerprint density at radius 3 is 2.47 bits per heavy atom. The van der Waals surface area contributed by atoms with Crippen molar-refractivity contribution in [1.29, 1.82) is 0 Å². The highest BCUT2D eigenvalue weighted by atomic mass is 15.2. The Morgan fingerprint density at radius 2 is 1.88 bits per heavy atom. The molecule has 0 aromatic carbocycles. The van der Waals surface area contributed by atoms with Crippen LogP contribution in [0.25, 0.3) is 0 Å². The van der Waals surface area contributed by atoms with Crippen LogP contribution >= 0.6 is 0 Å². The Morgan fingerprint density at radius 1 is 1.24 bits per heavy atom. The van der Waals surface area contributed by atoms with E-state index < -0.39 is 0 Å². The van der Waals surface area contributed by atoms with E-state index >= 15 is 0 Å². The summed E-state index contributed by atoms with van der Waals surface area (Å²) in [6.45, 7) is 5.76. The Balaban J connectivity index is 2.13. The first kappa shape index (κ1) is 12.3. The molecule has 0 amide bonds. The predicted molar refractivity (Wildman–Crippen MR) is 70.4 cm³/mol. The zero-order valence-corrected chi connectivity index (χ0v) is 11.1. The average molecular weight is 234 g/mol. The van der Waals surface area contributed by atoms with Gasteiger partial charge in [0.15, 0.2) is 0 Å². The van der Waals surface area contributed by atoms with Crippen molar-refractivity contribution in [2.24, 2.45) is 0 Å². The molecule has 17 heavy (non-hydrogen) atoms. The number of likely N-dealkylation sites (tertiary alicyclic amines) is 1. The van der Waals surface area contributed by atoms with E-state index in [2.05, 4.69) is 26.7 Å². The van der Waals surface area contributed by atoms with Gasteiger partial charge < -0.3 is 9.80 Å². The van der Waals surface area contributed by atoms with Crippen LogP contribution in [0.3, 0.4) is 0 Å². The highest BCUT2D eigenvalue weighted by Gasteiger charge is 2.23. The smallest absolute Gasteiger partial charge is 0.150 e. The second-order valence-electron chi connectivity index (χ2n) is 4.87. The molecule has 0 bridgehead atoms. The van der Waals surface area contributed by atoms with E-state index in [-0.39, 0.29) is 0 Å². The Bertz CT molecular complexity index is 356. The van der Waals surface area contributed by atoms with Crippen molar-refractivity contribution in [2.45, 2.75) is 25.7 Å². The second-order valence-corrected chi connectivity index (χ2v) is 4.87. The van der Waals surface area contributed by atoms with Crippen LogP contribution in [-0.2, 0) is 0 Å². The number of hydrogen-bond donors (Lipinski definition) is 0. The van der Waals surface area contributed by atoms with Gasteiger partial charge in [-0.3, -0.25) is 4.98 Å². The van der Waals surface area contributed by atoms with E-state index in [1.54, 1.807) is 6.20 Å². The zero-order valence-electron chi connectivity index (χ0n) is 11.1. The van der Waals surface area contributed by atoms with Gasteiger partial charge in [-0.25, -0.2) is 4.98 Å². The highest BCUT2D eigenvalue weighted by Crippen LogP contribution is 2.30. The van der Waals surface area contributed by atoms with Gasteiger partial charge >= 0.3 is 0 Å². The molecular formula is C13H22N4. The number of hydrogen-bond acceptors (Lipinski definition) is 4. The molecule has 94 valence electrons. The van der Waals surface area contributed by atoms with Crippen molar-refractivity contribution in [1.82, 2.24) is 14.9 Å². The molecule has 2 heterocycles. The van der Waals surface area contributed by atoms with Crippen molar-refractivity contribution in [2.75, 3.05) is 38.6 Å². The second kappa shape index (κ2) is 5.45. The predicted octanol–water partition coefficient (Wildman–Crippen LogP) is 1.74. The van der Waals surface area contributed by atoms with Crippen LogP contribution in [0, 0.1) is 0 Å². The van der Waals surface area contributed by atoms with Crippen LogP contribution in [0.1, 0.15) is 31.4 Å². The lowest BCUT2D eigenvalue weighted by Crippen LogP contribution is -2.33. The highest BCUT2D eigenvalue weighted by molar-refractivity contribution is 5.43. The zero-order chi connectivity index (χ0) is 12.3. The average Bonchev–Trinajstić information content (AvgIpc) is 2.39. The molecule has 0 radical (unpaired) electrons. The summed E-state index contributed by atoms with van der Waals surface area (Å²) in [6, 6.07) is 0. The van der Waals surface area contributed by atoms with Gasteiger partial charge in [0.2, 0.25) is 0 Å². The van der Waals surface area contributed by atoms with Crippen LogP contribution in [0.2, 0.25) is 0 Å². The SMILES string of the molecule is CCN1CCC(c2nccnc2N(C)C)CC1. The molecule has 0 N–H and O–H groups in total. The summed E-state index contributed by atoms with van der Waals surface area (Å²) in [5.41, 5.74) is 1.17. The van der Waals surface area contributed by atoms with E-state index in [1.807, 2.05) is 20.3 Å². The lowest BCUT2D eigenvalue weighted by Gasteiger charge is -2.31. The molecule has 1 aliphatic heterocycles. The minimum Gasteiger partial charge on any atom is -0.361 e. The van der Waals surface area contributed by atoms with Crippen LogP contribution < -0.4 is 4.90 Å². The third kappa shape index (κ3) is 2.75. The summed E-state index contributed by atoms with van der Waals surface area (Å²) in [5.74, 6) is 1.60. The molecule has 1 aromatic heterocycles. The van der Waals surface area contributed by atoms with E-state index in [4.69, 9.17) is 0 Å². The fourth-order valence-corrected chi connectivity index (χ4v) is 2.50. The normalized spacial score (nSPS) is 18.3. The first-order valence-corrected chi connectivity index (χ1v) is 6.43. The van der Waals surface area contributed by atoms with E-state index in [0.29, 0.717) is 5.92 Å². The summed E-state index contributed by atoms with van der Waals surface area (Å²) in [6.07, 6.45) is 6.00. The van der Waals surface area contributed by atoms with Gasteiger partial charge in [0, 0.05) is 32.4 Å². The largest absolute Gasteiger partial charge is 0.361 e. The van der Waals surface area contributed by atoms with Gasteiger partial charge in [0.1, 0.15) is 5.82 Å². The lowest BCUT2D eigenvalue weighted by molar-refractivity contribution is 0.221. The Kier molecular flexibility index (Phi) is 3.94. The monoisotopic (exact) mass is 234 g/mol. The quantitative estimate of drug-likeness (QED) is 0.797. The number of aromatic nitrogens is 2. The molecule has 0 spiro atoms. The van der Waals surface area contributed by atoms with Crippen LogP contribution in [0.15, 0.2) is 12.4 Å². The van der Waals surface area contributed by atoms with E-state index in [1.165, 1.54) is 31.6 Å². The van der Waals surface area contributed by atoms with Crippen LogP contribution in [-0.4, -0.2) is 48.6 Å². The molecule has 1 fully saturated rings. The molecule has 0 unspecified atom stereocenters. The van der Waals surface area contributed by atoms with Gasteiger partial charge in [-0.1, -0.05) is 6.92 Å². The summed E-state index contributed by atoms with van der Waals surface area (Å²) in [5, 5.41) is 0. The summed E-state index contributed by atoms with van der Waals surface area (Å²) < 4.78 is 0. The van der Waals surface area contributed by atoms with Gasteiger partial charge in [-0.05, 0) is 32.5 Å². The lowest BCUT2D eigenvalue weighted by atomic mass is 9.93. The van der Waals surface area contributed by atoms with Gasteiger partial charge in [0.05, 0.1) is 5.69 Å². The standard InChI is InChI=1S/C13H22N4/c1-4-17-9-5-11(6-10-17)12-13(16(2)3)15-8-7-14-12/h7-8,11H,4-6,9-10H2,1-3H3. The number of nitrogens with zero attached hydrogens (tertiary/aromatic N) is 4. The topological polar surface area (TPSA) is 32.3 Å².